The van der Waals surface area contributed by atoms with Crippen LogP contribution in [0.15, 0.2) is 27.8 Å². The van der Waals surface area contributed by atoms with E-state index < -0.39 is 23.8 Å². The van der Waals surface area contributed by atoms with Crippen molar-refractivity contribution in [1.82, 2.24) is 14.8 Å². The van der Waals surface area contributed by atoms with Gasteiger partial charge in [-0.3, -0.25) is 14.6 Å². The Kier molecular flexibility index (Phi) is 4.25. The van der Waals surface area contributed by atoms with Gasteiger partial charge in [-0.15, -0.1) is 0 Å². The highest BCUT2D eigenvalue weighted by Gasteiger charge is 2.13. The van der Waals surface area contributed by atoms with E-state index in [-0.39, 0.29) is 5.69 Å². The number of aromatic amines is 1. The first-order chi connectivity index (χ1) is 10.5. The van der Waals surface area contributed by atoms with Gasteiger partial charge in [-0.05, 0) is 18.2 Å². The van der Waals surface area contributed by atoms with E-state index >= 15 is 0 Å². The van der Waals surface area contributed by atoms with Gasteiger partial charge < -0.3 is 14.6 Å². The molecule has 1 aromatic heterocycles. The van der Waals surface area contributed by atoms with Gasteiger partial charge in [0.15, 0.2) is 17.2 Å². The van der Waals surface area contributed by atoms with Crippen molar-refractivity contribution in [3.05, 3.63) is 39.0 Å². The van der Waals surface area contributed by atoms with E-state index in [4.69, 9.17) is 14.6 Å². The second-order valence-corrected chi connectivity index (χ2v) is 4.23. The van der Waals surface area contributed by atoms with Crippen LogP contribution in [0, 0.1) is 0 Å². The highest BCUT2D eigenvalue weighted by atomic mass is 16.5. The third kappa shape index (κ3) is 2.97. The molecule has 0 saturated carbocycles. The lowest BCUT2D eigenvalue weighted by molar-refractivity contribution is -0.138. The van der Waals surface area contributed by atoms with Gasteiger partial charge in [0.2, 0.25) is 0 Å². The normalized spacial score (nSPS) is 10.3. The number of carboxylic acid groups (broad SMARTS) is 1. The van der Waals surface area contributed by atoms with Gasteiger partial charge in [-0.2, -0.15) is 5.10 Å². The van der Waals surface area contributed by atoms with Gasteiger partial charge in [0, 0.05) is 5.56 Å². The van der Waals surface area contributed by atoms with Crippen LogP contribution in [0.1, 0.15) is 0 Å². The zero-order valence-electron chi connectivity index (χ0n) is 11.8. The van der Waals surface area contributed by atoms with Crippen LogP contribution in [-0.4, -0.2) is 40.1 Å². The lowest BCUT2D eigenvalue weighted by Gasteiger charge is -2.09. The molecule has 9 heteroatoms. The van der Waals surface area contributed by atoms with Gasteiger partial charge in [-0.25, -0.2) is 9.48 Å². The molecule has 0 radical (unpaired) electrons. The number of methoxy groups -OCH3 is 2. The smallest absolute Gasteiger partial charge is 0.345 e. The molecule has 2 aromatic rings. The first kappa shape index (κ1) is 15.3. The molecular weight excluding hydrogens is 294 g/mol. The number of nitrogens with one attached hydrogen (secondary N) is 1. The highest BCUT2D eigenvalue weighted by Crippen LogP contribution is 2.30. The quantitative estimate of drug-likeness (QED) is 0.777. The number of ether oxygens (including phenoxy) is 2. The maximum atomic E-state index is 11.9. The Morgan fingerprint density at radius 1 is 1.27 bits per heavy atom. The number of carboxylic acids is 1. The summed E-state index contributed by atoms with van der Waals surface area (Å²) in [5.41, 5.74) is -1.35. The van der Waals surface area contributed by atoms with E-state index in [1.54, 1.807) is 12.1 Å². The number of benzene rings is 1. The van der Waals surface area contributed by atoms with E-state index in [1.165, 1.54) is 20.3 Å². The molecule has 0 saturated heterocycles. The third-order valence-corrected chi connectivity index (χ3v) is 2.83. The summed E-state index contributed by atoms with van der Waals surface area (Å²) in [5, 5.41) is 12.5. The molecule has 0 fully saturated rings. The van der Waals surface area contributed by atoms with Crippen LogP contribution in [0.4, 0.5) is 0 Å². The Labute approximate surface area is 123 Å². The predicted molar refractivity (Wildman–Crippen MR) is 75.3 cm³/mol. The molecule has 0 aliphatic rings. The monoisotopic (exact) mass is 307 g/mol. The number of carbonyl (C=O) groups is 1. The largest absolute Gasteiger partial charge is 0.493 e. The first-order valence-corrected chi connectivity index (χ1v) is 6.12. The summed E-state index contributed by atoms with van der Waals surface area (Å²) in [6.07, 6.45) is 0. The summed E-state index contributed by atoms with van der Waals surface area (Å²) in [6, 6.07) is 4.63. The zero-order valence-corrected chi connectivity index (χ0v) is 11.8. The van der Waals surface area contributed by atoms with Gasteiger partial charge in [0.05, 0.1) is 14.2 Å². The van der Waals surface area contributed by atoms with Crippen molar-refractivity contribution in [3.8, 4) is 22.8 Å². The van der Waals surface area contributed by atoms with Crippen LogP contribution in [-0.2, 0) is 11.3 Å². The van der Waals surface area contributed by atoms with E-state index in [2.05, 4.69) is 5.10 Å². The fourth-order valence-electron chi connectivity index (χ4n) is 1.84. The van der Waals surface area contributed by atoms with Crippen molar-refractivity contribution in [2.75, 3.05) is 14.2 Å². The summed E-state index contributed by atoms with van der Waals surface area (Å²) in [7, 11) is 2.90. The van der Waals surface area contributed by atoms with Crippen LogP contribution < -0.4 is 20.7 Å². The van der Waals surface area contributed by atoms with Crippen LogP contribution in [0.5, 0.6) is 11.5 Å². The molecule has 116 valence electrons. The fourth-order valence-corrected chi connectivity index (χ4v) is 1.84. The minimum absolute atomic E-state index is 0.0956. The maximum absolute atomic E-state index is 11.9. The van der Waals surface area contributed by atoms with Crippen molar-refractivity contribution in [3.63, 3.8) is 0 Å². The summed E-state index contributed by atoms with van der Waals surface area (Å²) >= 11 is 0. The van der Waals surface area contributed by atoms with Gasteiger partial charge in [0.25, 0.3) is 5.56 Å². The molecule has 0 bridgehead atoms. The summed E-state index contributed by atoms with van der Waals surface area (Å²) < 4.78 is 10.9. The second kappa shape index (κ2) is 6.12. The molecule has 0 amide bonds. The summed E-state index contributed by atoms with van der Waals surface area (Å²) in [5.74, 6) is -0.418. The Morgan fingerprint density at radius 2 is 1.95 bits per heavy atom. The van der Waals surface area contributed by atoms with Crippen LogP contribution in [0.3, 0.4) is 0 Å². The van der Waals surface area contributed by atoms with Gasteiger partial charge in [-0.1, -0.05) is 0 Å². The average molecular weight is 307 g/mol. The number of nitrogens with zero attached hydrogens (tertiary/aromatic N) is 2. The fraction of sp³-hybridized carbons (Fsp3) is 0.231. The molecular formula is C13H13N3O6. The molecule has 0 aliphatic carbocycles. The van der Waals surface area contributed by atoms with E-state index in [1.807, 2.05) is 4.98 Å². The van der Waals surface area contributed by atoms with E-state index in [9.17, 15) is 14.4 Å². The van der Waals surface area contributed by atoms with Crippen molar-refractivity contribution in [1.29, 1.82) is 0 Å². The Balaban J connectivity index is 2.59. The minimum Gasteiger partial charge on any atom is -0.493 e. The van der Waals surface area contributed by atoms with Gasteiger partial charge in [0.1, 0.15) is 6.54 Å². The number of aliphatic carboxylic acids is 1. The van der Waals surface area contributed by atoms with Crippen molar-refractivity contribution in [2.24, 2.45) is 0 Å². The van der Waals surface area contributed by atoms with E-state index in [0.717, 1.165) is 0 Å². The molecule has 9 nitrogen and oxygen atoms in total. The Bertz CT molecular complexity index is 823. The molecule has 0 spiro atoms. The van der Waals surface area contributed by atoms with E-state index in [0.29, 0.717) is 21.7 Å². The van der Waals surface area contributed by atoms with Crippen LogP contribution in [0.25, 0.3) is 11.3 Å². The third-order valence-electron chi connectivity index (χ3n) is 2.83. The number of aromatic nitrogens is 3. The molecule has 2 N–H and O–H groups in total. The Morgan fingerprint density at radius 3 is 2.55 bits per heavy atom. The summed E-state index contributed by atoms with van der Waals surface area (Å²) in [6.45, 7) is -0.657. The average Bonchev–Trinajstić information content (AvgIpc) is 2.49. The molecule has 2 rings (SSSR count). The Hall–Kier alpha value is -3.10. The lowest BCUT2D eigenvalue weighted by atomic mass is 10.1. The minimum atomic E-state index is -1.25. The lowest BCUT2D eigenvalue weighted by Crippen LogP contribution is -2.35. The molecule has 0 unspecified atom stereocenters. The van der Waals surface area contributed by atoms with Crippen LogP contribution >= 0.6 is 0 Å². The second-order valence-electron chi connectivity index (χ2n) is 4.23. The standard InChI is InChI=1S/C13H13N3O6/c1-21-8-4-3-7(5-9(8)22-2)11-12(19)14-13(20)16(15-11)6-10(17)18/h3-5H,6H2,1-2H3,(H,17,18)(H,14,19,20). The molecule has 1 aromatic carbocycles. The number of rotatable bonds is 5. The van der Waals surface area contributed by atoms with Gasteiger partial charge >= 0.3 is 11.7 Å². The van der Waals surface area contributed by atoms with Crippen molar-refractivity contribution < 1.29 is 19.4 Å². The zero-order chi connectivity index (χ0) is 16.3. The number of hydrogen-bond donors (Lipinski definition) is 2. The maximum Gasteiger partial charge on any atom is 0.345 e. The van der Waals surface area contributed by atoms with Crippen molar-refractivity contribution in [2.45, 2.75) is 6.54 Å². The highest BCUT2D eigenvalue weighted by molar-refractivity contribution is 5.66. The topological polar surface area (TPSA) is 124 Å². The molecule has 1 heterocycles. The summed E-state index contributed by atoms with van der Waals surface area (Å²) in [4.78, 5) is 36.1. The van der Waals surface area contributed by atoms with Crippen LogP contribution in [0.2, 0.25) is 0 Å². The number of H-pyrrole nitrogens is 1. The van der Waals surface area contributed by atoms with Crippen molar-refractivity contribution >= 4 is 5.97 Å². The predicted octanol–water partition coefficient (Wildman–Crippen LogP) is -0.300. The molecule has 0 aliphatic heterocycles. The SMILES string of the molecule is COc1ccc(-c2nn(CC(=O)O)c(=O)[nH]c2=O)cc1OC. The first-order valence-electron chi connectivity index (χ1n) is 6.12. The molecule has 22 heavy (non-hydrogen) atoms. The number of hydrogen-bond acceptors (Lipinski definition) is 6. The molecule has 0 atom stereocenters.